The van der Waals surface area contributed by atoms with Crippen LogP contribution in [0, 0.1) is 0 Å². The first-order chi connectivity index (χ1) is 13.3. The van der Waals surface area contributed by atoms with E-state index in [0.717, 1.165) is 27.4 Å². The van der Waals surface area contributed by atoms with Gasteiger partial charge in [0, 0.05) is 40.3 Å². The van der Waals surface area contributed by atoms with Crippen LogP contribution in [0.2, 0.25) is 0 Å². The van der Waals surface area contributed by atoms with E-state index in [9.17, 15) is 0 Å². The molecule has 142 valence electrons. The maximum Gasteiger partial charge on any atom is 0.112 e. The summed E-state index contributed by atoms with van der Waals surface area (Å²) in [6.07, 6.45) is 3.67. The van der Waals surface area contributed by atoms with Gasteiger partial charge in [0.15, 0.2) is 0 Å². The Hall–Kier alpha value is -2.72. The zero-order valence-electron chi connectivity index (χ0n) is 16.5. The molecule has 4 heteroatoms. The van der Waals surface area contributed by atoms with Gasteiger partial charge in [0.25, 0.3) is 0 Å². The van der Waals surface area contributed by atoms with Crippen molar-refractivity contribution < 1.29 is 0 Å². The minimum Gasteiger partial charge on any atom is -0.385 e. The third-order valence-corrected chi connectivity index (χ3v) is 5.45. The number of thiol groups is 1. The maximum absolute atomic E-state index is 6.71. The summed E-state index contributed by atoms with van der Waals surface area (Å²) >= 11 is 4.48. The van der Waals surface area contributed by atoms with Crippen LogP contribution in [0.25, 0.3) is 22.0 Å². The van der Waals surface area contributed by atoms with Gasteiger partial charge < -0.3 is 10.3 Å². The minimum absolute atomic E-state index is 0.0671. The second-order valence-electron chi connectivity index (χ2n) is 8.24. The normalized spacial score (nSPS) is 11.9. The number of aromatic nitrogens is 2. The predicted molar refractivity (Wildman–Crippen MR) is 121 cm³/mol. The monoisotopic (exact) mass is 387 g/mol. The van der Waals surface area contributed by atoms with Gasteiger partial charge in [0.2, 0.25) is 0 Å². The molecule has 0 bridgehead atoms. The number of hydrogen-bond donors (Lipinski definition) is 2. The average molecular weight is 388 g/mol. The number of nitrogens with zero attached hydrogens (tertiary/aromatic N) is 2. The zero-order chi connectivity index (χ0) is 19.9. The van der Waals surface area contributed by atoms with Crippen molar-refractivity contribution >= 4 is 29.3 Å². The van der Waals surface area contributed by atoms with Gasteiger partial charge in [-0.15, -0.1) is 12.6 Å². The number of nitrogens with two attached hydrogens (primary N) is 1. The van der Waals surface area contributed by atoms with Crippen LogP contribution >= 0.6 is 12.6 Å². The molecule has 0 spiro atoms. The minimum atomic E-state index is 0.0671. The summed E-state index contributed by atoms with van der Waals surface area (Å²) in [5.74, 6) is 0.763. The smallest absolute Gasteiger partial charge is 0.112 e. The van der Waals surface area contributed by atoms with E-state index in [0.29, 0.717) is 6.54 Å². The molecule has 0 aliphatic heterocycles. The number of benzene rings is 2. The fourth-order valence-corrected chi connectivity index (χ4v) is 3.91. The summed E-state index contributed by atoms with van der Waals surface area (Å²) in [4.78, 5) is 5.26. The molecule has 0 saturated carbocycles. The Morgan fingerprint density at radius 1 is 1.04 bits per heavy atom. The van der Waals surface area contributed by atoms with Gasteiger partial charge in [0.05, 0.1) is 5.52 Å². The molecule has 0 aliphatic carbocycles. The highest BCUT2D eigenvalue weighted by Gasteiger charge is 2.20. The Morgan fingerprint density at radius 3 is 2.54 bits per heavy atom. The first kappa shape index (κ1) is 18.6. The number of anilines is 1. The molecule has 2 aromatic heterocycles. The Labute approximate surface area is 171 Å². The van der Waals surface area contributed by atoms with Gasteiger partial charge in [-0.05, 0) is 46.9 Å². The van der Waals surface area contributed by atoms with E-state index in [-0.39, 0.29) is 5.41 Å². The number of fused-ring (bicyclic) bond motifs is 1. The van der Waals surface area contributed by atoms with Crippen LogP contribution in [0.5, 0.6) is 0 Å². The molecule has 4 aromatic rings. The van der Waals surface area contributed by atoms with Crippen LogP contribution in [-0.4, -0.2) is 9.55 Å². The Morgan fingerprint density at radius 2 is 1.86 bits per heavy atom. The van der Waals surface area contributed by atoms with Gasteiger partial charge in [-0.1, -0.05) is 45.0 Å². The molecule has 3 nitrogen and oxygen atoms in total. The second kappa shape index (κ2) is 7.02. The molecule has 0 fully saturated rings. The molecular weight excluding hydrogens is 362 g/mol. The van der Waals surface area contributed by atoms with Crippen LogP contribution in [0.15, 0.2) is 71.9 Å². The summed E-state index contributed by atoms with van der Waals surface area (Å²) in [6.45, 7) is 7.40. The summed E-state index contributed by atoms with van der Waals surface area (Å²) in [5, 5.41) is 1.17. The van der Waals surface area contributed by atoms with Crippen molar-refractivity contribution in [3.8, 4) is 11.1 Å². The van der Waals surface area contributed by atoms with Crippen LogP contribution in [0.1, 0.15) is 31.9 Å². The molecule has 2 heterocycles. The number of nitrogen functional groups attached to an aromatic ring is 1. The SMILES string of the molecule is CC(C)(C)c1ccc2c(c1)c(-c1cccnc1)c(N)n2Cc1cccc(S)c1. The molecular formula is C24H25N3S. The number of rotatable bonds is 3. The van der Waals surface area contributed by atoms with E-state index < -0.39 is 0 Å². The summed E-state index contributed by atoms with van der Waals surface area (Å²) in [5.41, 5.74) is 12.5. The Balaban J connectivity index is 1.96. The zero-order valence-corrected chi connectivity index (χ0v) is 17.4. The lowest BCUT2D eigenvalue weighted by Gasteiger charge is -2.19. The number of hydrogen-bond acceptors (Lipinski definition) is 3. The molecule has 4 rings (SSSR count). The Kier molecular flexibility index (Phi) is 4.68. The first-order valence-electron chi connectivity index (χ1n) is 9.45. The standard InChI is InChI=1S/C24H25N3S/c1-24(2,3)18-9-10-21-20(13-18)22(17-7-5-11-26-14-17)23(25)27(21)15-16-6-4-8-19(28)12-16/h4-14,28H,15,25H2,1-3H3. The van der Waals surface area contributed by atoms with Gasteiger partial charge >= 0.3 is 0 Å². The Bertz CT molecular complexity index is 1140. The van der Waals surface area contributed by atoms with E-state index >= 15 is 0 Å². The van der Waals surface area contributed by atoms with Gasteiger partial charge in [-0.2, -0.15) is 0 Å². The van der Waals surface area contributed by atoms with Gasteiger partial charge in [-0.25, -0.2) is 0 Å². The van der Waals surface area contributed by atoms with Gasteiger partial charge in [0.1, 0.15) is 5.82 Å². The van der Waals surface area contributed by atoms with Crippen molar-refractivity contribution in [3.05, 3.63) is 78.1 Å². The van der Waals surface area contributed by atoms with E-state index in [4.69, 9.17) is 5.73 Å². The van der Waals surface area contributed by atoms with Crippen molar-refractivity contribution in [2.24, 2.45) is 0 Å². The lowest BCUT2D eigenvalue weighted by molar-refractivity contribution is 0.591. The summed E-state index contributed by atoms with van der Waals surface area (Å²) in [6, 6.07) is 18.9. The second-order valence-corrected chi connectivity index (χ2v) is 8.76. The molecule has 0 aliphatic rings. The highest BCUT2D eigenvalue weighted by molar-refractivity contribution is 7.80. The predicted octanol–water partition coefficient (Wildman–Crippen LogP) is 5.92. The van der Waals surface area contributed by atoms with E-state index in [1.807, 2.05) is 24.4 Å². The van der Waals surface area contributed by atoms with Crippen molar-refractivity contribution in [2.45, 2.75) is 37.6 Å². The first-order valence-corrected chi connectivity index (χ1v) is 9.90. The fraction of sp³-hybridized carbons (Fsp3) is 0.208. The van der Waals surface area contributed by atoms with Crippen LogP contribution in [-0.2, 0) is 12.0 Å². The molecule has 0 saturated heterocycles. The van der Waals surface area contributed by atoms with E-state index in [2.05, 4.69) is 79.3 Å². The molecule has 2 N–H and O–H groups in total. The van der Waals surface area contributed by atoms with E-state index in [1.54, 1.807) is 6.20 Å². The highest BCUT2D eigenvalue weighted by atomic mass is 32.1. The van der Waals surface area contributed by atoms with Crippen molar-refractivity contribution in [3.63, 3.8) is 0 Å². The molecule has 0 unspecified atom stereocenters. The van der Waals surface area contributed by atoms with Crippen LogP contribution in [0.4, 0.5) is 5.82 Å². The largest absolute Gasteiger partial charge is 0.385 e. The van der Waals surface area contributed by atoms with E-state index in [1.165, 1.54) is 16.5 Å². The molecule has 0 amide bonds. The van der Waals surface area contributed by atoms with Crippen LogP contribution in [0.3, 0.4) is 0 Å². The van der Waals surface area contributed by atoms with Crippen LogP contribution < -0.4 is 5.73 Å². The molecule has 28 heavy (non-hydrogen) atoms. The maximum atomic E-state index is 6.71. The average Bonchev–Trinajstić information content (AvgIpc) is 2.93. The van der Waals surface area contributed by atoms with Crippen molar-refractivity contribution in [1.82, 2.24) is 9.55 Å². The molecule has 0 radical (unpaired) electrons. The van der Waals surface area contributed by atoms with Gasteiger partial charge in [-0.3, -0.25) is 4.98 Å². The lowest BCUT2D eigenvalue weighted by atomic mass is 9.86. The molecule has 2 aromatic carbocycles. The van der Waals surface area contributed by atoms with Crippen molar-refractivity contribution in [2.75, 3.05) is 5.73 Å². The third kappa shape index (κ3) is 3.40. The molecule has 0 atom stereocenters. The fourth-order valence-electron chi connectivity index (χ4n) is 3.66. The third-order valence-electron chi connectivity index (χ3n) is 5.17. The summed E-state index contributed by atoms with van der Waals surface area (Å²) < 4.78 is 2.19. The number of pyridine rings is 1. The quantitative estimate of drug-likeness (QED) is 0.429. The lowest BCUT2D eigenvalue weighted by Crippen LogP contribution is -2.10. The summed E-state index contributed by atoms with van der Waals surface area (Å²) in [7, 11) is 0. The topological polar surface area (TPSA) is 43.8 Å². The van der Waals surface area contributed by atoms with Crippen molar-refractivity contribution in [1.29, 1.82) is 0 Å². The highest BCUT2D eigenvalue weighted by Crippen LogP contribution is 2.39.